The standard InChI is InChI=1S/C21H21NO4/c1-4-22(5-2)16-9-6-14(7-10-16)12-19-20(23)17-13-15(21(24)25-3)8-11-18(17)26-19/h6-13H,4-5H2,1-3H3/b19-12-. The van der Waals surface area contributed by atoms with Crippen LogP contribution < -0.4 is 9.64 Å². The summed E-state index contributed by atoms with van der Waals surface area (Å²) in [4.78, 5) is 26.5. The molecule has 134 valence electrons. The van der Waals surface area contributed by atoms with Crippen molar-refractivity contribution in [3.63, 3.8) is 0 Å². The number of nitrogens with zero attached hydrogens (tertiary/aromatic N) is 1. The van der Waals surface area contributed by atoms with E-state index in [1.54, 1.807) is 18.2 Å². The summed E-state index contributed by atoms with van der Waals surface area (Å²) >= 11 is 0. The average Bonchev–Trinajstić information content (AvgIpc) is 2.98. The first kappa shape index (κ1) is 17.7. The van der Waals surface area contributed by atoms with Crippen molar-refractivity contribution in [2.75, 3.05) is 25.1 Å². The Balaban J connectivity index is 1.84. The van der Waals surface area contributed by atoms with Gasteiger partial charge in [-0.05, 0) is 55.8 Å². The number of hydrogen-bond acceptors (Lipinski definition) is 5. The van der Waals surface area contributed by atoms with E-state index in [4.69, 9.17) is 9.47 Å². The second-order valence-corrected chi connectivity index (χ2v) is 5.91. The number of anilines is 1. The highest BCUT2D eigenvalue weighted by Crippen LogP contribution is 2.33. The van der Waals surface area contributed by atoms with Gasteiger partial charge in [-0.1, -0.05) is 12.1 Å². The van der Waals surface area contributed by atoms with Crippen LogP contribution >= 0.6 is 0 Å². The lowest BCUT2D eigenvalue weighted by Gasteiger charge is -2.20. The number of hydrogen-bond donors (Lipinski definition) is 0. The van der Waals surface area contributed by atoms with Crippen LogP contribution in [0.15, 0.2) is 48.2 Å². The van der Waals surface area contributed by atoms with Gasteiger partial charge in [-0.2, -0.15) is 0 Å². The van der Waals surface area contributed by atoms with Gasteiger partial charge >= 0.3 is 5.97 Å². The SMILES string of the molecule is CCN(CC)c1ccc(/C=C2\Oc3ccc(C(=O)OC)cc3C2=O)cc1. The van der Waals surface area contributed by atoms with Crippen LogP contribution in [0.5, 0.6) is 5.75 Å². The molecule has 0 amide bonds. The minimum atomic E-state index is -0.481. The minimum absolute atomic E-state index is 0.237. The normalized spacial score (nSPS) is 14.1. The Morgan fingerprint density at radius 2 is 1.81 bits per heavy atom. The zero-order chi connectivity index (χ0) is 18.7. The number of ether oxygens (including phenoxy) is 2. The largest absolute Gasteiger partial charge is 0.465 e. The highest BCUT2D eigenvalue weighted by Gasteiger charge is 2.28. The van der Waals surface area contributed by atoms with Crippen LogP contribution in [0, 0.1) is 0 Å². The van der Waals surface area contributed by atoms with Crippen LogP contribution in [-0.4, -0.2) is 32.0 Å². The molecule has 0 spiro atoms. The monoisotopic (exact) mass is 351 g/mol. The predicted molar refractivity (Wildman–Crippen MR) is 101 cm³/mol. The van der Waals surface area contributed by atoms with E-state index >= 15 is 0 Å². The third-order valence-electron chi connectivity index (χ3n) is 4.41. The molecular weight excluding hydrogens is 330 g/mol. The van der Waals surface area contributed by atoms with Crippen LogP contribution in [0.1, 0.15) is 40.1 Å². The van der Waals surface area contributed by atoms with Gasteiger partial charge in [-0.3, -0.25) is 4.79 Å². The summed E-state index contributed by atoms with van der Waals surface area (Å²) in [5, 5.41) is 0. The molecule has 0 aliphatic carbocycles. The number of rotatable bonds is 5. The summed E-state index contributed by atoms with van der Waals surface area (Å²) in [5.74, 6) is -0.0186. The van der Waals surface area contributed by atoms with Crippen LogP contribution in [-0.2, 0) is 4.74 Å². The maximum atomic E-state index is 12.6. The molecule has 26 heavy (non-hydrogen) atoms. The van der Waals surface area contributed by atoms with Crippen molar-refractivity contribution in [3.05, 3.63) is 64.9 Å². The lowest BCUT2D eigenvalue weighted by Crippen LogP contribution is -2.21. The van der Waals surface area contributed by atoms with Gasteiger partial charge in [0.2, 0.25) is 5.78 Å². The Bertz CT molecular complexity index is 864. The van der Waals surface area contributed by atoms with Crippen LogP contribution in [0.25, 0.3) is 6.08 Å². The first-order valence-corrected chi connectivity index (χ1v) is 8.59. The molecule has 0 bridgehead atoms. The molecule has 5 nitrogen and oxygen atoms in total. The zero-order valence-corrected chi connectivity index (χ0v) is 15.1. The molecule has 0 N–H and O–H groups in total. The third-order valence-corrected chi connectivity index (χ3v) is 4.41. The van der Waals surface area contributed by atoms with Crippen molar-refractivity contribution in [3.8, 4) is 5.75 Å². The number of fused-ring (bicyclic) bond motifs is 1. The number of methoxy groups -OCH3 is 1. The molecule has 1 aliphatic rings. The van der Waals surface area contributed by atoms with E-state index in [1.165, 1.54) is 13.2 Å². The molecule has 2 aromatic carbocycles. The molecule has 0 saturated carbocycles. The Hall–Kier alpha value is -3.08. The lowest BCUT2D eigenvalue weighted by atomic mass is 10.1. The lowest BCUT2D eigenvalue weighted by molar-refractivity contribution is 0.0600. The summed E-state index contributed by atoms with van der Waals surface area (Å²) in [6, 6.07) is 12.7. The first-order chi connectivity index (χ1) is 12.6. The summed E-state index contributed by atoms with van der Waals surface area (Å²) in [6.45, 7) is 6.11. The molecule has 3 rings (SSSR count). The fraction of sp³-hybridized carbons (Fsp3) is 0.238. The van der Waals surface area contributed by atoms with Gasteiger partial charge in [0.25, 0.3) is 0 Å². The number of ketones is 1. The van der Waals surface area contributed by atoms with Gasteiger partial charge in [0.05, 0.1) is 18.2 Å². The smallest absolute Gasteiger partial charge is 0.337 e. The predicted octanol–water partition coefficient (Wildman–Crippen LogP) is 3.94. The van der Waals surface area contributed by atoms with Crippen LogP contribution in [0.4, 0.5) is 5.69 Å². The molecule has 0 atom stereocenters. The zero-order valence-electron chi connectivity index (χ0n) is 15.1. The fourth-order valence-corrected chi connectivity index (χ4v) is 2.96. The van der Waals surface area contributed by atoms with Gasteiger partial charge in [-0.25, -0.2) is 4.79 Å². The molecule has 0 unspecified atom stereocenters. The molecule has 2 aromatic rings. The molecule has 1 heterocycles. The third kappa shape index (κ3) is 3.33. The molecule has 0 fully saturated rings. The number of benzene rings is 2. The van der Waals surface area contributed by atoms with E-state index in [2.05, 4.69) is 18.7 Å². The molecule has 0 aromatic heterocycles. The van der Waals surface area contributed by atoms with Gasteiger partial charge in [0, 0.05) is 18.8 Å². The molecule has 5 heteroatoms. The van der Waals surface area contributed by atoms with E-state index in [0.717, 1.165) is 24.3 Å². The summed E-state index contributed by atoms with van der Waals surface area (Å²) in [7, 11) is 1.31. The van der Waals surface area contributed by atoms with Crippen molar-refractivity contribution >= 4 is 23.5 Å². The quantitative estimate of drug-likeness (QED) is 0.603. The van der Waals surface area contributed by atoms with Crippen molar-refractivity contribution in [2.45, 2.75) is 13.8 Å². The Labute approximate surface area is 152 Å². The maximum Gasteiger partial charge on any atom is 0.337 e. The van der Waals surface area contributed by atoms with E-state index < -0.39 is 5.97 Å². The van der Waals surface area contributed by atoms with E-state index in [1.807, 2.05) is 24.3 Å². The average molecular weight is 351 g/mol. The van der Waals surface area contributed by atoms with E-state index in [-0.39, 0.29) is 11.5 Å². The molecule has 0 saturated heterocycles. The second kappa shape index (κ2) is 7.44. The number of allylic oxidation sites excluding steroid dienone is 1. The fourth-order valence-electron chi connectivity index (χ4n) is 2.96. The summed E-state index contributed by atoms with van der Waals surface area (Å²) in [6.07, 6.45) is 1.71. The Morgan fingerprint density at radius 1 is 1.12 bits per heavy atom. The summed E-state index contributed by atoms with van der Waals surface area (Å²) < 4.78 is 10.4. The Kier molecular flexibility index (Phi) is 5.07. The maximum absolute atomic E-state index is 12.6. The van der Waals surface area contributed by atoms with Crippen molar-refractivity contribution in [1.82, 2.24) is 0 Å². The minimum Gasteiger partial charge on any atom is -0.465 e. The van der Waals surface area contributed by atoms with Crippen molar-refractivity contribution in [2.24, 2.45) is 0 Å². The van der Waals surface area contributed by atoms with Gasteiger partial charge in [-0.15, -0.1) is 0 Å². The van der Waals surface area contributed by atoms with Gasteiger partial charge < -0.3 is 14.4 Å². The van der Waals surface area contributed by atoms with Crippen molar-refractivity contribution < 1.29 is 19.1 Å². The topological polar surface area (TPSA) is 55.8 Å². The van der Waals surface area contributed by atoms with Crippen LogP contribution in [0.2, 0.25) is 0 Å². The number of carbonyl (C=O) groups excluding carboxylic acids is 2. The summed E-state index contributed by atoms with van der Waals surface area (Å²) in [5.41, 5.74) is 2.72. The van der Waals surface area contributed by atoms with E-state index in [9.17, 15) is 9.59 Å². The van der Waals surface area contributed by atoms with E-state index in [0.29, 0.717) is 16.9 Å². The second-order valence-electron chi connectivity index (χ2n) is 5.91. The van der Waals surface area contributed by atoms with Gasteiger partial charge in [0.15, 0.2) is 5.76 Å². The highest BCUT2D eigenvalue weighted by atomic mass is 16.5. The Morgan fingerprint density at radius 3 is 2.42 bits per heavy atom. The number of esters is 1. The molecular formula is C21H21NO4. The number of Topliss-reactive ketones (excluding diaryl/α,β-unsaturated/α-hetero) is 1. The van der Waals surface area contributed by atoms with Crippen molar-refractivity contribution in [1.29, 1.82) is 0 Å². The molecule has 0 radical (unpaired) electrons. The highest BCUT2D eigenvalue weighted by molar-refractivity contribution is 6.15. The van der Waals surface area contributed by atoms with Crippen LogP contribution in [0.3, 0.4) is 0 Å². The molecule has 1 aliphatic heterocycles. The first-order valence-electron chi connectivity index (χ1n) is 8.59. The number of carbonyl (C=O) groups is 2. The van der Waals surface area contributed by atoms with Gasteiger partial charge in [0.1, 0.15) is 5.75 Å².